The third kappa shape index (κ3) is 4.18. The second-order valence-corrected chi connectivity index (χ2v) is 6.29. The maximum Gasteiger partial charge on any atom is 0.260 e. The molecule has 0 bridgehead atoms. The molecule has 1 amide bonds. The highest BCUT2D eigenvalue weighted by Crippen LogP contribution is 2.26. The zero-order valence-corrected chi connectivity index (χ0v) is 16.1. The van der Waals surface area contributed by atoms with Crippen LogP contribution in [0.15, 0.2) is 58.3 Å². The first-order valence-corrected chi connectivity index (χ1v) is 9.11. The van der Waals surface area contributed by atoms with Crippen molar-refractivity contribution in [3.05, 3.63) is 54.1 Å². The largest absolute Gasteiger partial charge is 0.478 e. The predicted octanol–water partition coefficient (Wildman–Crippen LogP) is 1.72. The van der Waals surface area contributed by atoms with E-state index in [-0.39, 0.29) is 24.7 Å². The fourth-order valence-electron chi connectivity index (χ4n) is 2.95. The second-order valence-electron chi connectivity index (χ2n) is 6.29. The monoisotopic (exact) mass is 416 g/mol. The number of carbonyl (C=O) groups excluding carboxylic acids is 1. The van der Waals surface area contributed by atoms with Crippen LogP contribution in [0.1, 0.15) is 5.56 Å². The smallest absolute Gasteiger partial charge is 0.260 e. The number of amides is 1. The zero-order chi connectivity index (χ0) is 21.6. The molecule has 154 valence electrons. The van der Waals surface area contributed by atoms with Gasteiger partial charge in [-0.2, -0.15) is 10.4 Å². The molecule has 11 heteroatoms. The first kappa shape index (κ1) is 19.6. The Morgan fingerprint density at radius 3 is 2.87 bits per heavy atom. The summed E-state index contributed by atoms with van der Waals surface area (Å²) in [5.74, 6) is 0.517. The lowest BCUT2D eigenvalue weighted by molar-refractivity contribution is -0.121. The summed E-state index contributed by atoms with van der Waals surface area (Å²) in [5.41, 5.74) is 10.5. The molecule has 4 aromatic rings. The molecule has 0 saturated carbocycles. The molecule has 0 atom stereocenters. The van der Waals surface area contributed by atoms with Gasteiger partial charge in [-0.1, -0.05) is 24.3 Å². The lowest BCUT2D eigenvalue weighted by Crippen LogP contribution is -2.23. The van der Waals surface area contributed by atoms with Crippen LogP contribution in [0.3, 0.4) is 0 Å². The van der Waals surface area contributed by atoms with Crippen LogP contribution in [0.4, 0.5) is 5.82 Å². The molecule has 0 spiro atoms. The number of ether oxygens (including phenoxy) is 1. The van der Waals surface area contributed by atoms with Crippen LogP contribution in [-0.4, -0.2) is 38.6 Å². The van der Waals surface area contributed by atoms with Crippen LogP contribution in [0, 0.1) is 11.3 Å². The summed E-state index contributed by atoms with van der Waals surface area (Å²) in [6.45, 7) is -0.181. The van der Waals surface area contributed by atoms with Gasteiger partial charge >= 0.3 is 0 Å². The van der Waals surface area contributed by atoms with Gasteiger partial charge in [0.25, 0.3) is 5.91 Å². The number of hydrazone groups is 1. The number of carbonyl (C=O) groups is 1. The number of imidazole rings is 1. The number of nitrogens with zero attached hydrogens (tertiary/aromatic N) is 6. The van der Waals surface area contributed by atoms with Gasteiger partial charge < -0.3 is 15.0 Å². The maximum atomic E-state index is 12.6. The molecule has 0 saturated heterocycles. The molecule has 3 N–H and O–H groups in total. The molecule has 2 aromatic carbocycles. The van der Waals surface area contributed by atoms with E-state index in [0.29, 0.717) is 28.2 Å². The number of hydrogen-bond acceptors (Lipinski definition) is 9. The van der Waals surface area contributed by atoms with Gasteiger partial charge in [0.15, 0.2) is 23.9 Å². The first-order chi connectivity index (χ1) is 15.2. The van der Waals surface area contributed by atoms with Crippen molar-refractivity contribution in [1.29, 1.82) is 5.26 Å². The van der Waals surface area contributed by atoms with E-state index in [1.54, 1.807) is 28.8 Å². The zero-order valence-electron chi connectivity index (χ0n) is 16.1. The fourth-order valence-corrected chi connectivity index (χ4v) is 2.95. The standard InChI is InChI=1S/C20H16N8O3/c21-9-10-30-16-8-4-1-5-13(16)11-23-25-17(29)12-28-15-7-3-2-6-14(15)24-20(28)18-19(22)27-31-26-18/h1-8,11H,10,12H2,(H2,22,27)(H,25,29)/b23-11-. The van der Waals surface area contributed by atoms with Gasteiger partial charge in [0.05, 0.1) is 17.2 Å². The number of nitrogens with two attached hydrogens (primary N) is 1. The third-order valence-corrected chi connectivity index (χ3v) is 4.29. The Labute approximate surface area is 175 Å². The lowest BCUT2D eigenvalue weighted by atomic mass is 10.2. The van der Waals surface area contributed by atoms with Gasteiger partial charge in [0.1, 0.15) is 18.4 Å². The Hall–Kier alpha value is -4.72. The minimum absolute atomic E-state index is 0.0731. The number of rotatable bonds is 7. The summed E-state index contributed by atoms with van der Waals surface area (Å²) >= 11 is 0. The van der Waals surface area contributed by atoms with Gasteiger partial charge in [-0.05, 0) is 34.6 Å². The molecule has 0 fully saturated rings. The minimum atomic E-state index is -0.397. The number of nitrogen functional groups attached to an aromatic ring is 1. The third-order valence-electron chi connectivity index (χ3n) is 4.29. The molecule has 0 unspecified atom stereocenters. The summed E-state index contributed by atoms with van der Waals surface area (Å²) in [6.07, 6.45) is 1.44. The molecule has 2 heterocycles. The van der Waals surface area contributed by atoms with E-state index < -0.39 is 5.91 Å². The molecule has 2 aromatic heterocycles. The number of nitriles is 1. The molecular weight excluding hydrogens is 400 g/mol. The number of aromatic nitrogens is 4. The Bertz CT molecular complexity index is 1300. The molecule has 4 rings (SSSR count). The molecule has 0 radical (unpaired) electrons. The van der Waals surface area contributed by atoms with Crippen molar-refractivity contribution in [2.75, 3.05) is 12.3 Å². The van der Waals surface area contributed by atoms with Crippen molar-refractivity contribution >= 4 is 29.0 Å². The van der Waals surface area contributed by atoms with Gasteiger partial charge in [-0.3, -0.25) is 4.79 Å². The Kier molecular flexibility index (Phi) is 5.53. The molecule has 0 aliphatic rings. The maximum absolute atomic E-state index is 12.6. The number of benzene rings is 2. The topological polar surface area (TPSA) is 157 Å². The van der Waals surface area contributed by atoms with E-state index in [0.717, 1.165) is 0 Å². The van der Waals surface area contributed by atoms with Crippen molar-refractivity contribution in [2.45, 2.75) is 6.54 Å². The molecule has 0 aliphatic heterocycles. The van der Waals surface area contributed by atoms with Gasteiger partial charge in [-0.15, -0.1) is 0 Å². The summed E-state index contributed by atoms with van der Waals surface area (Å²) in [4.78, 5) is 17.1. The van der Waals surface area contributed by atoms with E-state index >= 15 is 0 Å². The van der Waals surface area contributed by atoms with Crippen LogP contribution in [-0.2, 0) is 11.3 Å². The van der Waals surface area contributed by atoms with Crippen LogP contribution in [0.5, 0.6) is 5.75 Å². The van der Waals surface area contributed by atoms with Crippen molar-refractivity contribution in [3.8, 4) is 23.3 Å². The van der Waals surface area contributed by atoms with Crippen molar-refractivity contribution in [1.82, 2.24) is 25.3 Å². The highest BCUT2D eigenvalue weighted by molar-refractivity contribution is 5.87. The average molecular weight is 416 g/mol. The Morgan fingerprint density at radius 2 is 2.06 bits per heavy atom. The molecule has 11 nitrogen and oxygen atoms in total. The molecular formula is C20H16N8O3. The van der Waals surface area contributed by atoms with Gasteiger partial charge in [0, 0.05) is 5.56 Å². The Balaban J connectivity index is 1.54. The lowest BCUT2D eigenvalue weighted by Gasteiger charge is -2.07. The van der Waals surface area contributed by atoms with E-state index in [2.05, 4.69) is 30.5 Å². The summed E-state index contributed by atoms with van der Waals surface area (Å²) in [5, 5.41) is 20.0. The van der Waals surface area contributed by atoms with Crippen LogP contribution in [0.25, 0.3) is 22.6 Å². The van der Waals surface area contributed by atoms with E-state index in [1.165, 1.54) is 6.21 Å². The molecule has 31 heavy (non-hydrogen) atoms. The van der Waals surface area contributed by atoms with Crippen molar-refractivity contribution in [3.63, 3.8) is 0 Å². The van der Waals surface area contributed by atoms with Crippen LogP contribution < -0.4 is 15.9 Å². The number of fused-ring (bicyclic) bond motifs is 1. The van der Waals surface area contributed by atoms with E-state index in [4.69, 9.17) is 15.7 Å². The number of hydrogen-bond donors (Lipinski definition) is 2. The summed E-state index contributed by atoms with van der Waals surface area (Å²) in [7, 11) is 0. The van der Waals surface area contributed by atoms with Crippen molar-refractivity contribution < 1.29 is 14.2 Å². The van der Waals surface area contributed by atoms with Crippen molar-refractivity contribution in [2.24, 2.45) is 5.10 Å². The predicted molar refractivity (Wildman–Crippen MR) is 111 cm³/mol. The first-order valence-electron chi connectivity index (χ1n) is 9.11. The van der Waals surface area contributed by atoms with Crippen LogP contribution in [0.2, 0.25) is 0 Å². The summed E-state index contributed by atoms with van der Waals surface area (Å²) in [6, 6.07) is 16.3. The molecule has 0 aliphatic carbocycles. The Morgan fingerprint density at radius 1 is 1.26 bits per heavy atom. The fraction of sp³-hybridized carbons (Fsp3) is 0.100. The van der Waals surface area contributed by atoms with E-state index in [9.17, 15) is 4.79 Å². The van der Waals surface area contributed by atoms with Gasteiger partial charge in [0.2, 0.25) is 0 Å². The number of anilines is 1. The van der Waals surface area contributed by atoms with Crippen LogP contribution >= 0.6 is 0 Å². The highest BCUT2D eigenvalue weighted by Gasteiger charge is 2.20. The quantitative estimate of drug-likeness (QED) is 0.340. The summed E-state index contributed by atoms with van der Waals surface area (Å²) < 4.78 is 11.7. The normalized spacial score (nSPS) is 10.9. The number of nitrogens with one attached hydrogen (secondary N) is 1. The highest BCUT2D eigenvalue weighted by atomic mass is 16.6. The SMILES string of the molecule is N#CCOc1ccccc1/C=N\NC(=O)Cn1c(-c2nonc2N)nc2ccccc21. The van der Waals surface area contributed by atoms with Gasteiger partial charge in [-0.25, -0.2) is 15.0 Å². The number of para-hydroxylation sites is 3. The second kappa shape index (κ2) is 8.75. The minimum Gasteiger partial charge on any atom is -0.478 e. The van der Waals surface area contributed by atoms with E-state index in [1.807, 2.05) is 30.3 Å². The average Bonchev–Trinajstić information content (AvgIpc) is 3.36.